The van der Waals surface area contributed by atoms with Crippen molar-refractivity contribution >= 4 is 33.2 Å². The highest BCUT2D eigenvalue weighted by Crippen LogP contribution is 2.53. The number of pyridine rings is 1. The fourth-order valence-corrected chi connectivity index (χ4v) is 8.01. The van der Waals surface area contributed by atoms with E-state index in [0.29, 0.717) is 23.8 Å². The maximum atomic E-state index is 11.2. The first-order valence-corrected chi connectivity index (χ1v) is 13.0. The smallest absolute Gasteiger partial charge is 0.317 e. The Bertz CT molecular complexity index is 1440. The van der Waals surface area contributed by atoms with Crippen molar-refractivity contribution in [3.05, 3.63) is 39.7 Å². The van der Waals surface area contributed by atoms with Crippen LogP contribution < -0.4 is 0 Å². The molecular formula is C26H31N5O2S. The molecule has 3 atom stereocenters. The molecule has 1 unspecified atom stereocenters. The summed E-state index contributed by atoms with van der Waals surface area (Å²) in [6.07, 6.45) is 5.93. The lowest BCUT2D eigenvalue weighted by atomic mass is 9.88. The maximum Gasteiger partial charge on any atom is 0.317 e. The highest BCUT2D eigenvalue weighted by Gasteiger charge is 2.46. The minimum atomic E-state index is -0.714. The Labute approximate surface area is 202 Å². The van der Waals surface area contributed by atoms with Crippen molar-refractivity contribution in [3.63, 3.8) is 0 Å². The average molecular weight is 478 g/mol. The Balaban J connectivity index is 1.43. The molecular weight excluding hydrogens is 446 g/mol. The van der Waals surface area contributed by atoms with Crippen LogP contribution in [0.2, 0.25) is 0 Å². The Morgan fingerprint density at radius 3 is 2.71 bits per heavy atom. The van der Waals surface area contributed by atoms with E-state index in [4.69, 9.17) is 0 Å². The number of aliphatic carboxylic acids is 1. The van der Waals surface area contributed by atoms with Gasteiger partial charge in [-0.1, -0.05) is 13.8 Å². The van der Waals surface area contributed by atoms with E-state index in [-0.39, 0.29) is 6.54 Å². The largest absolute Gasteiger partial charge is 0.480 e. The molecule has 7 nitrogen and oxygen atoms in total. The van der Waals surface area contributed by atoms with Gasteiger partial charge in [-0.2, -0.15) is 5.10 Å². The first kappa shape index (κ1) is 21.8. The van der Waals surface area contributed by atoms with Crippen LogP contribution in [-0.2, 0) is 4.79 Å². The van der Waals surface area contributed by atoms with E-state index >= 15 is 0 Å². The number of carboxylic acid groups (broad SMARTS) is 1. The van der Waals surface area contributed by atoms with Crippen LogP contribution in [0, 0.1) is 26.7 Å². The number of nitrogens with one attached hydrogen (secondary N) is 1. The molecule has 4 aromatic rings. The highest BCUT2D eigenvalue weighted by atomic mass is 32.1. The lowest BCUT2D eigenvalue weighted by molar-refractivity contribution is -0.138. The van der Waals surface area contributed by atoms with E-state index in [1.54, 1.807) is 6.33 Å². The first-order chi connectivity index (χ1) is 16.2. The van der Waals surface area contributed by atoms with Crippen molar-refractivity contribution in [2.45, 2.75) is 65.3 Å². The number of hydrogen-bond acceptors (Lipinski definition) is 5. The SMILES string of the molecule is Cc1c(-c2[nH]c3sc([C@@H]4CC5C[C@H]4CN5CC(=O)O)c(C)c3c2C(C)C)cn2ncnc2c1C. The molecule has 2 aliphatic rings. The van der Waals surface area contributed by atoms with E-state index in [1.807, 2.05) is 15.9 Å². The van der Waals surface area contributed by atoms with Crippen molar-refractivity contribution < 1.29 is 9.90 Å². The predicted molar refractivity (Wildman–Crippen MR) is 135 cm³/mol. The van der Waals surface area contributed by atoms with Crippen molar-refractivity contribution in [2.24, 2.45) is 5.92 Å². The van der Waals surface area contributed by atoms with Gasteiger partial charge in [-0.25, -0.2) is 9.50 Å². The van der Waals surface area contributed by atoms with Gasteiger partial charge in [0.1, 0.15) is 11.2 Å². The van der Waals surface area contributed by atoms with Crippen LogP contribution in [0.15, 0.2) is 12.5 Å². The van der Waals surface area contributed by atoms with Gasteiger partial charge in [0.2, 0.25) is 0 Å². The fourth-order valence-electron chi connectivity index (χ4n) is 6.58. The van der Waals surface area contributed by atoms with Gasteiger partial charge >= 0.3 is 5.97 Å². The summed E-state index contributed by atoms with van der Waals surface area (Å²) in [5, 5.41) is 15.0. The van der Waals surface area contributed by atoms with Gasteiger partial charge in [0.25, 0.3) is 0 Å². The topological polar surface area (TPSA) is 86.5 Å². The number of piperidine rings is 1. The van der Waals surface area contributed by atoms with E-state index < -0.39 is 5.97 Å². The normalized spacial score (nSPS) is 22.7. The summed E-state index contributed by atoms with van der Waals surface area (Å²) >= 11 is 1.91. The van der Waals surface area contributed by atoms with Gasteiger partial charge in [-0.05, 0) is 73.6 Å². The number of fused-ring (bicyclic) bond motifs is 4. The molecule has 0 spiro atoms. The number of nitrogens with zero attached hydrogens (tertiary/aromatic N) is 4. The standard InChI is InChI=1S/C26H31N5O2S/c1-12(2)21-22-15(5)24(18-7-17-6-16(18)8-30(17)10-20(32)33)34-26(22)29-23(21)19-9-31-25(27-11-28-31)14(4)13(19)3/h9,11-12,16-18,29H,6-8,10H2,1-5H3,(H,32,33)/t16-,17?,18+/m0/s1. The number of carboxylic acids is 1. The van der Waals surface area contributed by atoms with Crippen LogP contribution in [0.25, 0.3) is 27.1 Å². The molecule has 5 heterocycles. The molecule has 8 heteroatoms. The Kier molecular flexibility index (Phi) is 4.90. The molecule has 1 aliphatic heterocycles. The summed E-state index contributed by atoms with van der Waals surface area (Å²) in [5.41, 5.74) is 8.48. The van der Waals surface area contributed by atoms with Crippen LogP contribution in [-0.4, -0.2) is 54.7 Å². The molecule has 4 aromatic heterocycles. The predicted octanol–water partition coefficient (Wildman–Crippen LogP) is 5.25. The summed E-state index contributed by atoms with van der Waals surface area (Å²) in [5.74, 6) is 0.766. The van der Waals surface area contributed by atoms with Crippen LogP contribution in [0.1, 0.15) is 65.7 Å². The van der Waals surface area contributed by atoms with Gasteiger partial charge in [-0.15, -0.1) is 11.3 Å². The zero-order valence-electron chi connectivity index (χ0n) is 20.3. The number of rotatable bonds is 5. The summed E-state index contributed by atoms with van der Waals surface area (Å²) < 4.78 is 1.88. The van der Waals surface area contributed by atoms with Crippen molar-refractivity contribution in [2.75, 3.05) is 13.1 Å². The molecule has 178 valence electrons. The van der Waals surface area contributed by atoms with Crippen molar-refractivity contribution in [3.8, 4) is 11.3 Å². The van der Waals surface area contributed by atoms with E-state index in [9.17, 15) is 9.90 Å². The number of H-pyrrole nitrogens is 1. The number of thiophene rings is 1. The van der Waals surface area contributed by atoms with Crippen LogP contribution in [0.4, 0.5) is 0 Å². The number of likely N-dealkylation sites (tertiary alicyclic amines) is 1. The van der Waals surface area contributed by atoms with Crippen LogP contribution in [0.3, 0.4) is 0 Å². The molecule has 6 rings (SSSR count). The van der Waals surface area contributed by atoms with Crippen LogP contribution >= 0.6 is 11.3 Å². The number of carbonyl (C=O) groups is 1. The fraction of sp³-hybridized carbons (Fsp3) is 0.500. The van der Waals surface area contributed by atoms with E-state index in [2.05, 4.69) is 60.8 Å². The van der Waals surface area contributed by atoms with Gasteiger partial charge in [-0.3, -0.25) is 9.69 Å². The average Bonchev–Trinajstić information content (AvgIpc) is 3.57. The molecule has 0 aromatic carbocycles. The third kappa shape index (κ3) is 3.08. The van der Waals surface area contributed by atoms with Gasteiger partial charge < -0.3 is 10.1 Å². The molecule has 2 fully saturated rings. The van der Waals surface area contributed by atoms with Crippen molar-refractivity contribution in [1.82, 2.24) is 24.5 Å². The summed E-state index contributed by atoms with van der Waals surface area (Å²) in [6, 6.07) is 0.408. The summed E-state index contributed by atoms with van der Waals surface area (Å²) in [4.78, 5) is 24.4. The molecule has 1 aliphatic carbocycles. The molecule has 2 N–H and O–H groups in total. The van der Waals surface area contributed by atoms with E-state index in [0.717, 1.165) is 30.6 Å². The molecule has 34 heavy (non-hydrogen) atoms. The zero-order valence-corrected chi connectivity index (χ0v) is 21.2. The van der Waals surface area contributed by atoms with Gasteiger partial charge in [0.15, 0.2) is 5.65 Å². The highest BCUT2D eigenvalue weighted by molar-refractivity contribution is 7.19. The minimum Gasteiger partial charge on any atom is -0.480 e. The lowest BCUT2D eigenvalue weighted by Crippen LogP contribution is -2.38. The molecule has 0 radical (unpaired) electrons. The second-order valence-corrected chi connectivity index (χ2v) is 11.6. The molecule has 1 saturated heterocycles. The third-order valence-corrected chi connectivity index (χ3v) is 9.60. The maximum absolute atomic E-state index is 11.2. The molecule has 2 bridgehead atoms. The number of hydrogen-bond donors (Lipinski definition) is 2. The third-order valence-electron chi connectivity index (χ3n) is 8.26. The second-order valence-electron chi connectivity index (χ2n) is 10.5. The Morgan fingerprint density at radius 1 is 1.24 bits per heavy atom. The van der Waals surface area contributed by atoms with E-state index in [1.165, 1.54) is 43.0 Å². The second kappa shape index (κ2) is 7.65. The lowest BCUT2D eigenvalue weighted by Gasteiger charge is -2.30. The molecule has 0 amide bonds. The quantitative estimate of drug-likeness (QED) is 0.410. The van der Waals surface area contributed by atoms with Gasteiger partial charge in [0.05, 0.1) is 12.2 Å². The number of aromatic nitrogens is 4. The summed E-state index contributed by atoms with van der Waals surface area (Å²) in [7, 11) is 0. The number of aryl methyl sites for hydroxylation is 2. The number of aromatic amines is 1. The van der Waals surface area contributed by atoms with Crippen LogP contribution in [0.5, 0.6) is 0 Å². The molecule has 1 saturated carbocycles. The van der Waals surface area contributed by atoms with Gasteiger partial charge in [0, 0.05) is 34.6 Å². The Morgan fingerprint density at radius 2 is 2.03 bits per heavy atom. The zero-order chi connectivity index (χ0) is 23.9. The monoisotopic (exact) mass is 477 g/mol. The Hall–Kier alpha value is -2.71. The van der Waals surface area contributed by atoms with Crippen molar-refractivity contribution in [1.29, 1.82) is 0 Å². The minimum absolute atomic E-state index is 0.174. The summed E-state index contributed by atoms with van der Waals surface area (Å²) in [6.45, 7) is 12.2. The first-order valence-electron chi connectivity index (χ1n) is 12.1.